The van der Waals surface area contributed by atoms with E-state index in [0.29, 0.717) is 18.0 Å². The summed E-state index contributed by atoms with van der Waals surface area (Å²) in [6.07, 6.45) is 2.07. The van der Waals surface area contributed by atoms with Gasteiger partial charge in [-0.1, -0.05) is 42.5 Å². The number of amides is 2. The van der Waals surface area contributed by atoms with E-state index in [1.165, 1.54) is 17.3 Å². The molecule has 1 atom stereocenters. The number of para-hydroxylation sites is 1. The summed E-state index contributed by atoms with van der Waals surface area (Å²) in [6, 6.07) is 17.9. The molecule has 0 spiro atoms. The average molecular weight is 356 g/mol. The highest BCUT2D eigenvalue weighted by molar-refractivity contribution is 8.01. The van der Waals surface area contributed by atoms with Crippen LogP contribution in [0.5, 0.6) is 0 Å². The topological polar surface area (TPSA) is 60.9 Å². The number of hydrogen-bond donors (Lipinski definition) is 1. The van der Waals surface area contributed by atoms with E-state index in [-0.39, 0.29) is 12.5 Å². The Morgan fingerprint density at radius 3 is 2.60 bits per heavy atom. The summed E-state index contributed by atoms with van der Waals surface area (Å²) >= 11 is 1.39. The first kappa shape index (κ1) is 17.5. The molecule has 1 unspecified atom stereocenters. The fourth-order valence-electron chi connectivity index (χ4n) is 2.92. The lowest BCUT2D eigenvalue weighted by molar-refractivity contribution is -0.150. The van der Waals surface area contributed by atoms with Gasteiger partial charge in [-0.05, 0) is 30.5 Å². The van der Waals surface area contributed by atoms with Gasteiger partial charge in [0.1, 0.15) is 5.25 Å². The molecule has 2 amide bonds. The standard InChI is InChI=1S/C19H20N2O3S/c22-14-20(24)13-18-19(23)21(16-10-4-5-11-17(16)25-18)12-6-9-15-7-2-1-3-8-15/h1-5,7-8,10-11,14,18,24H,6,9,12-13H2. The molecule has 0 aromatic heterocycles. The van der Waals surface area contributed by atoms with Crippen LogP contribution in [0.2, 0.25) is 0 Å². The van der Waals surface area contributed by atoms with Crippen LogP contribution in [0.4, 0.5) is 5.69 Å². The molecule has 3 rings (SSSR count). The summed E-state index contributed by atoms with van der Waals surface area (Å²) in [5.41, 5.74) is 2.14. The lowest BCUT2D eigenvalue weighted by Crippen LogP contribution is -2.45. The predicted octanol–water partition coefficient (Wildman–Crippen LogP) is 2.97. The van der Waals surface area contributed by atoms with Crippen LogP contribution in [-0.4, -0.2) is 40.9 Å². The Morgan fingerprint density at radius 2 is 1.84 bits per heavy atom. The van der Waals surface area contributed by atoms with Crippen molar-refractivity contribution in [3.8, 4) is 0 Å². The molecule has 5 nitrogen and oxygen atoms in total. The molecule has 2 aromatic rings. The first-order valence-electron chi connectivity index (χ1n) is 8.21. The van der Waals surface area contributed by atoms with Gasteiger partial charge in [-0.3, -0.25) is 14.8 Å². The van der Waals surface area contributed by atoms with Crippen LogP contribution in [0.25, 0.3) is 0 Å². The summed E-state index contributed by atoms with van der Waals surface area (Å²) in [5, 5.41) is 9.50. The minimum Gasteiger partial charge on any atom is -0.310 e. The number of carbonyl (C=O) groups is 2. The molecule has 0 bridgehead atoms. The molecule has 1 aliphatic rings. The molecule has 6 heteroatoms. The second-order valence-corrected chi connectivity index (χ2v) is 7.13. The molecule has 25 heavy (non-hydrogen) atoms. The Kier molecular flexibility index (Phi) is 5.73. The molecule has 130 valence electrons. The zero-order chi connectivity index (χ0) is 17.6. The number of hydrogen-bond acceptors (Lipinski definition) is 4. The molecule has 1 aliphatic heterocycles. The van der Waals surface area contributed by atoms with E-state index in [1.54, 1.807) is 4.90 Å². The maximum Gasteiger partial charge on any atom is 0.242 e. The van der Waals surface area contributed by atoms with E-state index in [0.717, 1.165) is 23.4 Å². The van der Waals surface area contributed by atoms with E-state index < -0.39 is 5.25 Å². The van der Waals surface area contributed by atoms with E-state index >= 15 is 0 Å². The van der Waals surface area contributed by atoms with E-state index in [2.05, 4.69) is 12.1 Å². The summed E-state index contributed by atoms with van der Waals surface area (Å²) in [5.74, 6) is -0.0716. The summed E-state index contributed by atoms with van der Waals surface area (Å²) in [6.45, 7) is 0.588. The van der Waals surface area contributed by atoms with Crippen LogP contribution in [0.15, 0.2) is 59.5 Å². The van der Waals surface area contributed by atoms with Crippen molar-refractivity contribution >= 4 is 29.8 Å². The fraction of sp³-hybridized carbons (Fsp3) is 0.263. The Labute approximate surface area is 151 Å². The van der Waals surface area contributed by atoms with Crippen molar-refractivity contribution in [1.29, 1.82) is 0 Å². The van der Waals surface area contributed by atoms with Gasteiger partial charge in [-0.15, -0.1) is 11.8 Å². The maximum absolute atomic E-state index is 12.8. The average Bonchev–Trinajstić information content (AvgIpc) is 2.65. The Morgan fingerprint density at radius 1 is 1.12 bits per heavy atom. The zero-order valence-corrected chi connectivity index (χ0v) is 14.6. The minimum atomic E-state index is -0.498. The van der Waals surface area contributed by atoms with Gasteiger partial charge in [-0.25, -0.2) is 5.06 Å². The van der Waals surface area contributed by atoms with Crippen LogP contribution >= 0.6 is 11.8 Å². The van der Waals surface area contributed by atoms with Crippen molar-refractivity contribution in [3.63, 3.8) is 0 Å². The second kappa shape index (κ2) is 8.18. The Hall–Kier alpha value is -2.31. The third-order valence-corrected chi connectivity index (χ3v) is 5.37. The van der Waals surface area contributed by atoms with Crippen LogP contribution < -0.4 is 4.90 Å². The zero-order valence-electron chi connectivity index (χ0n) is 13.7. The summed E-state index contributed by atoms with van der Waals surface area (Å²) in [4.78, 5) is 26.3. The van der Waals surface area contributed by atoms with E-state index in [9.17, 15) is 14.8 Å². The number of fused-ring (bicyclic) bond motifs is 1. The molecular formula is C19H20N2O3S. The normalized spacial score (nSPS) is 16.4. The summed E-state index contributed by atoms with van der Waals surface area (Å²) < 4.78 is 0. The van der Waals surface area contributed by atoms with Gasteiger partial charge in [-0.2, -0.15) is 0 Å². The highest BCUT2D eigenvalue weighted by Gasteiger charge is 2.34. The molecule has 2 aromatic carbocycles. The quantitative estimate of drug-likeness (QED) is 0.471. The van der Waals surface area contributed by atoms with Crippen molar-refractivity contribution in [2.24, 2.45) is 0 Å². The number of hydroxylamine groups is 2. The van der Waals surface area contributed by atoms with Gasteiger partial charge in [0, 0.05) is 11.4 Å². The van der Waals surface area contributed by atoms with Gasteiger partial charge in [0.2, 0.25) is 12.3 Å². The van der Waals surface area contributed by atoms with Gasteiger partial charge < -0.3 is 4.90 Å². The van der Waals surface area contributed by atoms with Gasteiger partial charge in [0.05, 0.1) is 12.2 Å². The lowest BCUT2D eigenvalue weighted by atomic mass is 10.1. The number of benzene rings is 2. The monoisotopic (exact) mass is 356 g/mol. The van der Waals surface area contributed by atoms with Crippen LogP contribution in [-0.2, 0) is 16.0 Å². The Balaban J connectivity index is 1.73. The first-order valence-corrected chi connectivity index (χ1v) is 9.09. The lowest BCUT2D eigenvalue weighted by Gasteiger charge is -2.34. The SMILES string of the molecule is O=CN(O)CC1Sc2ccccc2N(CCCc2ccccc2)C1=O. The molecule has 1 N–H and O–H groups in total. The molecule has 0 saturated heterocycles. The van der Waals surface area contributed by atoms with Crippen molar-refractivity contribution in [2.45, 2.75) is 23.0 Å². The van der Waals surface area contributed by atoms with E-state index in [1.807, 2.05) is 42.5 Å². The van der Waals surface area contributed by atoms with Crippen LogP contribution in [0, 0.1) is 0 Å². The number of rotatable bonds is 7. The fourth-order valence-corrected chi connectivity index (χ4v) is 4.14. The van der Waals surface area contributed by atoms with Crippen molar-refractivity contribution in [3.05, 3.63) is 60.2 Å². The minimum absolute atomic E-state index is 0.0173. The number of carbonyl (C=O) groups excluding carboxylic acids is 2. The first-order chi connectivity index (χ1) is 12.2. The van der Waals surface area contributed by atoms with Gasteiger partial charge >= 0.3 is 0 Å². The van der Waals surface area contributed by atoms with Gasteiger partial charge in [0.25, 0.3) is 0 Å². The maximum atomic E-state index is 12.8. The van der Waals surface area contributed by atoms with Crippen LogP contribution in [0.1, 0.15) is 12.0 Å². The van der Waals surface area contributed by atoms with Crippen molar-refractivity contribution in [2.75, 3.05) is 18.0 Å². The number of thioether (sulfide) groups is 1. The van der Waals surface area contributed by atoms with Crippen LogP contribution in [0.3, 0.4) is 0 Å². The van der Waals surface area contributed by atoms with Gasteiger partial charge in [0.15, 0.2) is 0 Å². The molecule has 0 saturated carbocycles. The number of anilines is 1. The third-order valence-electron chi connectivity index (χ3n) is 4.13. The van der Waals surface area contributed by atoms with Crippen molar-refractivity contribution < 1.29 is 14.8 Å². The number of nitrogens with zero attached hydrogens (tertiary/aromatic N) is 2. The molecular weight excluding hydrogens is 336 g/mol. The third kappa shape index (κ3) is 4.21. The molecule has 0 radical (unpaired) electrons. The predicted molar refractivity (Wildman–Crippen MR) is 97.8 cm³/mol. The Bertz CT molecular complexity index is 738. The summed E-state index contributed by atoms with van der Waals surface area (Å²) in [7, 11) is 0. The highest BCUT2D eigenvalue weighted by Crippen LogP contribution is 2.39. The number of aryl methyl sites for hydroxylation is 1. The van der Waals surface area contributed by atoms with Crippen molar-refractivity contribution in [1.82, 2.24) is 5.06 Å². The molecule has 0 aliphatic carbocycles. The van der Waals surface area contributed by atoms with E-state index in [4.69, 9.17) is 0 Å². The second-order valence-electron chi connectivity index (χ2n) is 5.88. The molecule has 1 heterocycles. The largest absolute Gasteiger partial charge is 0.310 e. The molecule has 0 fully saturated rings. The smallest absolute Gasteiger partial charge is 0.242 e. The highest BCUT2D eigenvalue weighted by atomic mass is 32.2.